The lowest BCUT2D eigenvalue weighted by Gasteiger charge is -2.16. The molecule has 7 nitrogen and oxygen atoms in total. The Morgan fingerprint density at radius 3 is 2.71 bits per heavy atom. The fourth-order valence-electron chi connectivity index (χ4n) is 2.81. The Bertz CT molecular complexity index is 1080. The Kier molecular flexibility index (Phi) is 6.24. The molecule has 0 radical (unpaired) electrons. The number of nitrogens with zero attached hydrogens (tertiary/aromatic N) is 4. The molecule has 3 aromatic rings. The van der Waals surface area contributed by atoms with Crippen molar-refractivity contribution in [3.05, 3.63) is 45.3 Å². The number of halogens is 1. The molecular formula is C19H22BrN5O2S. The predicted molar refractivity (Wildman–Crippen MR) is 116 cm³/mol. The lowest BCUT2D eigenvalue weighted by molar-refractivity contribution is -0.115. The van der Waals surface area contributed by atoms with Crippen molar-refractivity contribution < 1.29 is 4.79 Å². The molecule has 28 heavy (non-hydrogen) atoms. The van der Waals surface area contributed by atoms with E-state index in [0.29, 0.717) is 28.4 Å². The van der Waals surface area contributed by atoms with Crippen LogP contribution >= 0.6 is 27.7 Å². The van der Waals surface area contributed by atoms with Gasteiger partial charge in [-0.05, 0) is 45.9 Å². The summed E-state index contributed by atoms with van der Waals surface area (Å²) in [6.45, 7) is 8.16. The van der Waals surface area contributed by atoms with E-state index in [0.717, 1.165) is 4.47 Å². The first kappa shape index (κ1) is 20.6. The lowest BCUT2D eigenvalue weighted by Crippen LogP contribution is -2.27. The minimum absolute atomic E-state index is 0.109. The minimum atomic E-state index is -0.437. The van der Waals surface area contributed by atoms with Gasteiger partial charge in [-0.2, -0.15) is 5.10 Å². The highest BCUT2D eigenvalue weighted by molar-refractivity contribution is 9.10. The van der Waals surface area contributed by atoms with Gasteiger partial charge in [-0.3, -0.25) is 14.2 Å². The SMILES string of the molecule is CCn1c(SC(C)C(=O)Nc2ccnn2C(C)C)nc2ccc(Br)cc2c1=O. The van der Waals surface area contributed by atoms with Crippen LogP contribution in [0.5, 0.6) is 0 Å². The monoisotopic (exact) mass is 463 g/mol. The maximum absolute atomic E-state index is 12.8. The van der Waals surface area contributed by atoms with E-state index in [1.54, 1.807) is 40.6 Å². The fourth-order valence-corrected chi connectivity index (χ4v) is 4.14. The molecule has 0 aliphatic heterocycles. The van der Waals surface area contributed by atoms with Crippen LogP contribution in [0.3, 0.4) is 0 Å². The van der Waals surface area contributed by atoms with E-state index in [-0.39, 0.29) is 17.5 Å². The molecule has 0 saturated heterocycles. The zero-order chi connectivity index (χ0) is 20.4. The molecule has 1 aromatic carbocycles. The van der Waals surface area contributed by atoms with Crippen LogP contribution in [0.25, 0.3) is 10.9 Å². The highest BCUT2D eigenvalue weighted by Crippen LogP contribution is 2.25. The average molecular weight is 464 g/mol. The number of carbonyl (C=O) groups is 1. The summed E-state index contributed by atoms with van der Waals surface area (Å²) in [6.07, 6.45) is 1.66. The van der Waals surface area contributed by atoms with E-state index in [1.165, 1.54) is 11.8 Å². The van der Waals surface area contributed by atoms with E-state index < -0.39 is 5.25 Å². The van der Waals surface area contributed by atoms with Gasteiger partial charge in [0.2, 0.25) is 5.91 Å². The van der Waals surface area contributed by atoms with Crippen LogP contribution in [0.4, 0.5) is 5.82 Å². The number of carbonyl (C=O) groups excluding carboxylic acids is 1. The third-order valence-corrected chi connectivity index (χ3v) is 5.84. The van der Waals surface area contributed by atoms with Crippen molar-refractivity contribution in [2.24, 2.45) is 0 Å². The smallest absolute Gasteiger partial charge is 0.262 e. The molecule has 0 aliphatic rings. The van der Waals surface area contributed by atoms with E-state index in [2.05, 4.69) is 31.3 Å². The van der Waals surface area contributed by atoms with Crippen LogP contribution in [-0.2, 0) is 11.3 Å². The summed E-state index contributed by atoms with van der Waals surface area (Å²) in [4.78, 5) is 30.1. The van der Waals surface area contributed by atoms with Crippen molar-refractivity contribution in [2.45, 2.75) is 50.7 Å². The fraction of sp³-hybridized carbons (Fsp3) is 0.368. The van der Waals surface area contributed by atoms with Crippen LogP contribution in [0.1, 0.15) is 33.7 Å². The Balaban J connectivity index is 1.87. The van der Waals surface area contributed by atoms with Gasteiger partial charge >= 0.3 is 0 Å². The van der Waals surface area contributed by atoms with Crippen molar-refractivity contribution in [3.8, 4) is 0 Å². The van der Waals surface area contributed by atoms with Crippen molar-refractivity contribution in [3.63, 3.8) is 0 Å². The van der Waals surface area contributed by atoms with E-state index in [1.807, 2.05) is 26.8 Å². The van der Waals surface area contributed by atoms with Crippen molar-refractivity contribution >= 4 is 50.3 Å². The molecule has 1 unspecified atom stereocenters. The Morgan fingerprint density at radius 1 is 1.29 bits per heavy atom. The van der Waals surface area contributed by atoms with Gasteiger partial charge in [0, 0.05) is 23.1 Å². The molecule has 0 saturated carbocycles. The Labute approximate surface area is 175 Å². The summed E-state index contributed by atoms with van der Waals surface area (Å²) in [5.41, 5.74) is 0.507. The van der Waals surface area contributed by atoms with Crippen molar-refractivity contribution in [1.29, 1.82) is 0 Å². The zero-order valence-electron chi connectivity index (χ0n) is 16.1. The highest BCUT2D eigenvalue weighted by Gasteiger charge is 2.20. The molecule has 148 valence electrons. The van der Waals surface area contributed by atoms with Gasteiger partial charge in [-0.1, -0.05) is 27.7 Å². The first-order valence-corrected chi connectivity index (χ1v) is 10.7. The minimum Gasteiger partial charge on any atom is -0.310 e. The summed E-state index contributed by atoms with van der Waals surface area (Å²) in [5, 5.41) is 7.78. The Hall–Kier alpha value is -2.13. The van der Waals surface area contributed by atoms with Crippen molar-refractivity contribution in [1.82, 2.24) is 19.3 Å². The van der Waals surface area contributed by atoms with Gasteiger partial charge in [0.25, 0.3) is 5.56 Å². The summed E-state index contributed by atoms with van der Waals surface area (Å²) in [5.74, 6) is 0.483. The van der Waals surface area contributed by atoms with Gasteiger partial charge in [0.15, 0.2) is 5.16 Å². The van der Waals surface area contributed by atoms with Crippen LogP contribution < -0.4 is 10.9 Å². The summed E-state index contributed by atoms with van der Waals surface area (Å²) >= 11 is 4.66. The number of anilines is 1. The van der Waals surface area contributed by atoms with Gasteiger partial charge in [-0.25, -0.2) is 9.67 Å². The van der Waals surface area contributed by atoms with Gasteiger partial charge in [0.1, 0.15) is 5.82 Å². The number of fused-ring (bicyclic) bond motifs is 1. The maximum Gasteiger partial charge on any atom is 0.262 e. The number of hydrogen-bond acceptors (Lipinski definition) is 5. The number of rotatable bonds is 6. The predicted octanol–water partition coefficient (Wildman–Crippen LogP) is 4.08. The van der Waals surface area contributed by atoms with Crippen LogP contribution in [-0.4, -0.2) is 30.5 Å². The molecule has 3 rings (SSSR count). The standard InChI is InChI=1S/C19H22BrN5O2S/c1-5-24-18(27)14-10-13(20)6-7-15(14)22-19(24)28-12(4)17(26)23-16-8-9-21-25(16)11(2)3/h6-12H,5H2,1-4H3,(H,23,26). The molecule has 0 bridgehead atoms. The first-order valence-electron chi connectivity index (χ1n) is 9.03. The van der Waals surface area contributed by atoms with Crippen LogP contribution in [0.2, 0.25) is 0 Å². The summed E-state index contributed by atoms with van der Waals surface area (Å²) < 4.78 is 4.18. The van der Waals surface area contributed by atoms with Crippen LogP contribution in [0.15, 0.2) is 44.9 Å². The van der Waals surface area contributed by atoms with Crippen LogP contribution in [0, 0.1) is 0 Å². The van der Waals surface area contributed by atoms with Crippen molar-refractivity contribution in [2.75, 3.05) is 5.32 Å². The second-order valence-electron chi connectivity index (χ2n) is 6.61. The maximum atomic E-state index is 12.8. The quantitative estimate of drug-likeness (QED) is 0.439. The molecule has 1 amide bonds. The molecule has 2 aromatic heterocycles. The third kappa shape index (κ3) is 4.15. The highest BCUT2D eigenvalue weighted by atomic mass is 79.9. The molecule has 1 atom stereocenters. The van der Waals surface area contributed by atoms with Gasteiger partial charge in [0.05, 0.1) is 22.3 Å². The number of aromatic nitrogens is 4. The molecular weight excluding hydrogens is 442 g/mol. The second-order valence-corrected chi connectivity index (χ2v) is 8.83. The number of benzene rings is 1. The number of nitrogens with one attached hydrogen (secondary N) is 1. The largest absolute Gasteiger partial charge is 0.310 e. The topological polar surface area (TPSA) is 81.8 Å². The summed E-state index contributed by atoms with van der Waals surface area (Å²) in [6, 6.07) is 7.33. The Morgan fingerprint density at radius 2 is 2.04 bits per heavy atom. The van der Waals surface area contributed by atoms with Gasteiger partial charge < -0.3 is 5.32 Å². The third-order valence-electron chi connectivity index (χ3n) is 4.26. The number of hydrogen-bond donors (Lipinski definition) is 1. The first-order chi connectivity index (χ1) is 13.3. The molecule has 0 aliphatic carbocycles. The molecule has 9 heteroatoms. The second kappa shape index (κ2) is 8.48. The molecule has 0 spiro atoms. The molecule has 1 N–H and O–H groups in total. The zero-order valence-corrected chi connectivity index (χ0v) is 18.5. The number of thioether (sulfide) groups is 1. The number of amides is 1. The average Bonchev–Trinajstić information content (AvgIpc) is 3.11. The molecule has 0 fully saturated rings. The van der Waals surface area contributed by atoms with E-state index in [9.17, 15) is 9.59 Å². The van der Waals surface area contributed by atoms with Gasteiger partial charge in [-0.15, -0.1) is 0 Å². The van der Waals surface area contributed by atoms with E-state index >= 15 is 0 Å². The lowest BCUT2D eigenvalue weighted by atomic mass is 10.2. The van der Waals surface area contributed by atoms with E-state index in [4.69, 9.17) is 0 Å². The summed E-state index contributed by atoms with van der Waals surface area (Å²) in [7, 11) is 0. The molecule has 2 heterocycles. The normalized spacial score (nSPS) is 12.5.